The standard InChI is InChI=1S/C17H22N6O2S/c24-16-5-4-13(12-23(16)9-6-14-3-1-2-7-18-14)17(25)19-8-10-26-15-11-20-22-21-15/h1-3,7,11,13H,4-6,8-10,12H2,(H,19,25)(H,20,21,22)/t13-/m1/s1. The van der Waals surface area contributed by atoms with E-state index >= 15 is 0 Å². The van der Waals surface area contributed by atoms with Crippen molar-refractivity contribution in [3.05, 3.63) is 36.3 Å². The number of likely N-dealkylation sites (tertiary alicyclic amines) is 1. The van der Waals surface area contributed by atoms with Gasteiger partial charge >= 0.3 is 0 Å². The van der Waals surface area contributed by atoms with Crippen LogP contribution in [0.25, 0.3) is 0 Å². The maximum Gasteiger partial charge on any atom is 0.224 e. The van der Waals surface area contributed by atoms with Gasteiger partial charge in [0.2, 0.25) is 11.8 Å². The summed E-state index contributed by atoms with van der Waals surface area (Å²) < 4.78 is 0. The van der Waals surface area contributed by atoms with Crippen molar-refractivity contribution in [2.24, 2.45) is 5.92 Å². The van der Waals surface area contributed by atoms with Gasteiger partial charge in [0.1, 0.15) is 5.03 Å². The van der Waals surface area contributed by atoms with Gasteiger partial charge in [-0.3, -0.25) is 14.6 Å². The molecule has 0 radical (unpaired) electrons. The summed E-state index contributed by atoms with van der Waals surface area (Å²) in [7, 11) is 0. The molecule has 2 amide bonds. The normalized spacial score (nSPS) is 17.3. The molecule has 3 rings (SSSR count). The Balaban J connectivity index is 1.41. The molecule has 1 aliphatic heterocycles. The predicted molar refractivity (Wildman–Crippen MR) is 97.4 cm³/mol. The number of thioether (sulfide) groups is 1. The van der Waals surface area contributed by atoms with Gasteiger partial charge in [-0.15, -0.1) is 16.9 Å². The minimum atomic E-state index is -0.145. The van der Waals surface area contributed by atoms with E-state index in [9.17, 15) is 9.59 Å². The van der Waals surface area contributed by atoms with Crippen molar-refractivity contribution in [2.45, 2.75) is 24.3 Å². The van der Waals surface area contributed by atoms with Gasteiger partial charge in [0, 0.05) is 50.1 Å². The monoisotopic (exact) mass is 374 g/mol. The molecule has 0 bridgehead atoms. The van der Waals surface area contributed by atoms with Gasteiger partial charge in [-0.1, -0.05) is 6.07 Å². The van der Waals surface area contributed by atoms with Crippen LogP contribution in [0.5, 0.6) is 0 Å². The van der Waals surface area contributed by atoms with Gasteiger partial charge in [-0.25, -0.2) is 0 Å². The first-order valence-corrected chi connectivity index (χ1v) is 9.65. The zero-order chi connectivity index (χ0) is 18.2. The minimum absolute atomic E-state index is 0.0149. The quantitative estimate of drug-likeness (QED) is 0.525. The van der Waals surface area contributed by atoms with Crippen LogP contribution in [0, 0.1) is 5.92 Å². The van der Waals surface area contributed by atoms with Crippen molar-refractivity contribution < 1.29 is 9.59 Å². The number of aromatic nitrogens is 4. The van der Waals surface area contributed by atoms with E-state index in [-0.39, 0.29) is 17.7 Å². The van der Waals surface area contributed by atoms with Crippen LogP contribution in [0.15, 0.2) is 35.6 Å². The molecule has 26 heavy (non-hydrogen) atoms. The van der Waals surface area contributed by atoms with Crippen LogP contribution < -0.4 is 5.32 Å². The molecule has 138 valence electrons. The van der Waals surface area contributed by atoms with E-state index in [1.807, 2.05) is 18.2 Å². The highest BCUT2D eigenvalue weighted by molar-refractivity contribution is 7.99. The van der Waals surface area contributed by atoms with Gasteiger partial charge < -0.3 is 10.2 Å². The summed E-state index contributed by atoms with van der Waals surface area (Å²) in [4.78, 5) is 30.6. The summed E-state index contributed by atoms with van der Waals surface area (Å²) in [5.74, 6) is 0.717. The first-order valence-electron chi connectivity index (χ1n) is 8.66. The number of nitrogens with one attached hydrogen (secondary N) is 2. The summed E-state index contributed by atoms with van der Waals surface area (Å²) in [6, 6.07) is 5.76. The average molecular weight is 374 g/mol. The van der Waals surface area contributed by atoms with E-state index in [0.29, 0.717) is 38.9 Å². The number of aromatic amines is 1. The SMILES string of the molecule is O=C(NCCSc1cn[nH]n1)[C@@H]1CCC(=O)N(CCc2ccccn2)C1. The average Bonchev–Trinajstić information content (AvgIpc) is 3.19. The zero-order valence-corrected chi connectivity index (χ0v) is 15.2. The molecule has 2 aromatic heterocycles. The van der Waals surface area contributed by atoms with Gasteiger partial charge in [0.05, 0.1) is 12.1 Å². The Morgan fingerprint density at radius 1 is 1.42 bits per heavy atom. The van der Waals surface area contributed by atoms with Crippen molar-refractivity contribution in [3.8, 4) is 0 Å². The molecule has 2 aromatic rings. The first kappa shape index (κ1) is 18.4. The number of rotatable bonds is 8. The largest absolute Gasteiger partial charge is 0.355 e. The fourth-order valence-electron chi connectivity index (χ4n) is 2.88. The lowest BCUT2D eigenvalue weighted by atomic mass is 9.96. The second-order valence-electron chi connectivity index (χ2n) is 6.09. The molecule has 0 aliphatic carbocycles. The topological polar surface area (TPSA) is 104 Å². The number of nitrogens with zero attached hydrogens (tertiary/aromatic N) is 4. The summed E-state index contributed by atoms with van der Waals surface area (Å²) in [5.41, 5.74) is 0.955. The number of piperidine rings is 1. The van der Waals surface area contributed by atoms with Crippen LogP contribution in [0.2, 0.25) is 0 Å². The zero-order valence-electron chi connectivity index (χ0n) is 14.4. The molecule has 1 fully saturated rings. The number of pyridine rings is 1. The van der Waals surface area contributed by atoms with E-state index in [0.717, 1.165) is 16.5 Å². The van der Waals surface area contributed by atoms with E-state index in [2.05, 4.69) is 25.7 Å². The Kier molecular flexibility index (Phi) is 6.59. The molecule has 1 saturated heterocycles. The summed E-state index contributed by atoms with van der Waals surface area (Å²) in [6.45, 7) is 1.64. The number of carbonyl (C=O) groups is 2. The second-order valence-corrected chi connectivity index (χ2v) is 7.21. The molecule has 3 heterocycles. The third-order valence-electron chi connectivity index (χ3n) is 4.28. The Hall–Kier alpha value is -2.42. The van der Waals surface area contributed by atoms with Gasteiger partial charge in [0.15, 0.2) is 0 Å². The highest BCUT2D eigenvalue weighted by Crippen LogP contribution is 2.18. The molecule has 0 aromatic carbocycles. The van der Waals surface area contributed by atoms with E-state index < -0.39 is 0 Å². The molecule has 0 saturated carbocycles. The van der Waals surface area contributed by atoms with Crippen molar-refractivity contribution >= 4 is 23.6 Å². The van der Waals surface area contributed by atoms with Crippen molar-refractivity contribution in [3.63, 3.8) is 0 Å². The molecule has 2 N–H and O–H groups in total. The lowest BCUT2D eigenvalue weighted by molar-refractivity contribution is -0.138. The molecule has 1 aliphatic rings. The summed E-state index contributed by atoms with van der Waals surface area (Å²) in [5, 5.41) is 14.0. The number of hydrogen-bond acceptors (Lipinski definition) is 6. The van der Waals surface area contributed by atoms with Crippen molar-refractivity contribution in [1.82, 2.24) is 30.6 Å². The highest BCUT2D eigenvalue weighted by Gasteiger charge is 2.29. The Labute approximate surface area is 156 Å². The smallest absolute Gasteiger partial charge is 0.224 e. The molecular weight excluding hydrogens is 352 g/mol. The van der Waals surface area contributed by atoms with Crippen LogP contribution in [-0.2, 0) is 16.0 Å². The van der Waals surface area contributed by atoms with Crippen LogP contribution in [-0.4, -0.2) is 62.5 Å². The molecule has 0 spiro atoms. The Bertz CT molecular complexity index is 709. The summed E-state index contributed by atoms with van der Waals surface area (Å²) in [6.07, 6.45) is 5.14. The maximum atomic E-state index is 12.4. The minimum Gasteiger partial charge on any atom is -0.355 e. The fraction of sp³-hybridized carbons (Fsp3) is 0.471. The van der Waals surface area contributed by atoms with Crippen LogP contribution in [0.3, 0.4) is 0 Å². The number of hydrogen-bond donors (Lipinski definition) is 2. The summed E-state index contributed by atoms with van der Waals surface area (Å²) >= 11 is 1.53. The number of H-pyrrole nitrogens is 1. The van der Waals surface area contributed by atoms with Gasteiger partial charge in [-0.2, -0.15) is 10.3 Å². The van der Waals surface area contributed by atoms with Gasteiger partial charge in [0.25, 0.3) is 0 Å². The fourth-order valence-corrected chi connectivity index (χ4v) is 3.52. The van der Waals surface area contributed by atoms with Crippen LogP contribution in [0.4, 0.5) is 0 Å². The van der Waals surface area contributed by atoms with Crippen molar-refractivity contribution in [2.75, 3.05) is 25.4 Å². The first-order chi connectivity index (χ1) is 12.7. The number of amides is 2. The Morgan fingerprint density at radius 2 is 2.35 bits per heavy atom. The van der Waals surface area contributed by atoms with E-state index in [1.54, 1.807) is 17.3 Å². The van der Waals surface area contributed by atoms with Gasteiger partial charge in [-0.05, 0) is 18.6 Å². The predicted octanol–water partition coefficient (Wildman–Crippen LogP) is 0.889. The molecule has 0 unspecified atom stereocenters. The third-order valence-corrected chi connectivity index (χ3v) is 5.18. The molecule has 1 atom stereocenters. The van der Waals surface area contributed by atoms with E-state index in [1.165, 1.54) is 11.8 Å². The highest BCUT2D eigenvalue weighted by atomic mass is 32.2. The van der Waals surface area contributed by atoms with Crippen molar-refractivity contribution in [1.29, 1.82) is 0 Å². The third kappa shape index (κ3) is 5.29. The van der Waals surface area contributed by atoms with Crippen LogP contribution >= 0.6 is 11.8 Å². The maximum absolute atomic E-state index is 12.4. The lowest BCUT2D eigenvalue weighted by Crippen LogP contribution is -2.46. The Morgan fingerprint density at radius 3 is 3.12 bits per heavy atom. The molecule has 8 nitrogen and oxygen atoms in total. The van der Waals surface area contributed by atoms with E-state index in [4.69, 9.17) is 0 Å². The molecule has 9 heteroatoms. The molecular formula is C17H22N6O2S. The second kappa shape index (κ2) is 9.33. The lowest BCUT2D eigenvalue weighted by Gasteiger charge is -2.32. The van der Waals surface area contributed by atoms with Crippen LogP contribution in [0.1, 0.15) is 18.5 Å². The number of carbonyl (C=O) groups excluding carboxylic acids is 2.